The lowest BCUT2D eigenvalue weighted by atomic mass is 9.75. The average Bonchev–Trinajstić information content (AvgIpc) is 1.59. The Bertz CT molecular complexity index is 2920. The largest absolute Gasteiger partial charge is 0.369 e. The third-order valence-electron chi connectivity index (χ3n) is 19.2. The molecular formula is C105H195N13. The third kappa shape index (κ3) is 42.7. The molecule has 8 aliphatic rings. The Balaban J connectivity index is -0.000000232. The summed E-state index contributed by atoms with van der Waals surface area (Å²) >= 11 is 0. The highest BCUT2D eigenvalue weighted by atomic mass is 15.2. The van der Waals surface area contributed by atoms with E-state index in [1.807, 2.05) is 237 Å². The Kier molecular flexibility index (Phi) is 83.3. The number of hydrogen-bond acceptors (Lipinski definition) is 13. The van der Waals surface area contributed by atoms with Gasteiger partial charge in [0.15, 0.2) is 0 Å². The second-order valence-electron chi connectivity index (χ2n) is 27.5. The molecule has 13 heteroatoms. The van der Waals surface area contributed by atoms with E-state index < -0.39 is 0 Å². The maximum Gasteiger partial charge on any atom is 0.132 e. The molecule has 0 radical (unpaired) electrons. The number of piperidine rings is 1. The maximum absolute atomic E-state index is 4.39. The third-order valence-corrected chi connectivity index (χ3v) is 19.2. The van der Waals surface area contributed by atoms with Crippen molar-refractivity contribution in [2.24, 2.45) is 0 Å². The Morgan fingerprint density at radius 2 is 0.644 bits per heavy atom. The van der Waals surface area contributed by atoms with Crippen LogP contribution in [-0.2, 0) is 70.6 Å². The quantitative estimate of drug-likeness (QED) is 0.164. The van der Waals surface area contributed by atoms with E-state index in [0.29, 0.717) is 47.7 Å². The zero-order valence-electron chi connectivity index (χ0n) is 84.7. The van der Waals surface area contributed by atoms with E-state index in [1.54, 1.807) is 11.9 Å². The minimum atomic E-state index is 0. The summed E-state index contributed by atoms with van der Waals surface area (Å²) in [5.41, 5.74) is 18.8. The normalized spacial score (nSPS) is 13.9. The van der Waals surface area contributed by atoms with E-state index in [0.717, 1.165) is 65.3 Å². The summed E-state index contributed by atoms with van der Waals surface area (Å²) in [5, 5.41) is 3.49. The van der Waals surface area contributed by atoms with Gasteiger partial charge in [-0.25, -0.2) is 15.0 Å². The van der Waals surface area contributed by atoms with Gasteiger partial charge in [0.05, 0.1) is 11.4 Å². The molecule has 4 aromatic heterocycles. The smallest absolute Gasteiger partial charge is 0.132 e. The van der Waals surface area contributed by atoms with Crippen LogP contribution in [0, 0.1) is 0 Å². The number of pyridine rings is 3. The van der Waals surface area contributed by atoms with Crippen LogP contribution in [0.4, 0.5) is 17.2 Å². The van der Waals surface area contributed by atoms with Crippen LogP contribution in [0.25, 0.3) is 0 Å². The highest BCUT2D eigenvalue weighted by Crippen LogP contribution is 2.46. The first-order chi connectivity index (χ1) is 56.9. The SMILES string of the molecule is C.CC.CC.CC.CC.CC.CC.CC.CC.CC.CC.CC.CC.CC.CC.CC(C)N1CC2(CCNCC2)c2ccccc21.CC(C)N1CCc2ccccc21.CC(C)N1CCc2cccnc21.CC(C)N1Cc2ccccc2C1.CC(C)N1Cc2cccnc2C1.CC(C)N1Cc2ccncc2C1.CC(C)N1Cc2cncnc2C1. The molecule has 0 atom stereocenters. The van der Waals surface area contributed by atoms with Crippen molar-refractivity contribution >= 4 is 17.2 Å². The van der Waals surface area contributed by atoms with Gasteiger partial charge < -0.3 is 20.0 Å². The molecule has 680 valence electrons. The summed E-state index contributed by atoms with van der Waals surface area (Å²) in [6.07, 6.45) is 16.1. The van der Waals surface area contributed by atoms with E-state index in [1.165, 1.54) is 119 Å². The summed E-state index contributed by atoms with van der Waals surface area (Å²) in [6, 6.07) is 41.3. The average molecular weight is 1640 g/mol. The van der Waals surface area contributed by atoms with E-state index in [4.69, 9.17) is 0 Å². The van der Waals surface area contributed by atoms with Crippen LogP contribution in [0.2, 0.25) is 0 Å². The van der Waals surface area contributed by atoms with Gasteiger partial charge in [-0.2, -0.15) is 0 Å². The molecule has 3 aromatic carbocycles. The van der Waals surface area contributed by atoms with Crippen LogP contribution in [0.5, 0.6) is 0 Å². The number of hydrogen-bond donors (Lipinski definition) is 1. The second kappa shape index (κ2) is 78.9. The summed E-state index contributed by atoms with van der Waals surface area (Å²) in [5.74, 6) is 1.19. The van der Waals surface area contributed by atoms with Crippen molar-refractivity contribution in [2.75, 3.05) is 47.4 Å². The zero-order valence-corrected chi connectivity index (χ0v) is 84.7. The van der Waals surface area contributed by atoms with E-state index in [-0.39, 0.29) is 7.43 Å². The van der Waals surface area contributed by atoms with Gasteiger partial charge in [-0.1, -0.05) is 274 Å². The fourth-order valence-electron chi connectivity index (χ4n) is 13.5. The molecule has 1 fully saturated rings. The Hall–Kier alpha value is -6.61. The van der Waals surface area contributed by atoms with Gasteiger partial charge in [-0.3, -0.25) is 29.6 Å². The van der Waals surface area contributed by atoms with Crippen molar-refractivity contribution in [3.63, 3.8) is 0 Å². The fourth-order valence-corrected chi connectivity index (χ4v) is 13.5. The number of para-hydroxylation sites is 2. The molecule has 1 saturated heterocycles. The number of nitrogens with one attached hydrogen (secondary N) is 1. The molecule has 7 aromatic rings. The Morgan fingerprint density at radius 3 is 1.08 bits per heavy atom. The molecule has 15 rings (SSSR count). The first-order valence-corrected chi connectivity index (χ1v) is 47.7. The minimum Gasteiger partial charge on any atom is -0.369 e. The number of aromatic nitrogens is 5. The van der Waals surface area contributed by atoms with Crippen molar-refractivity contribution in [1.29, 1.82) is 0 Å². The Labute approximate surface area is 736 Å². The highest BCUT2D eigenvalue weighted by molar-refractivity contribution is 5.63. The molecule has 8 aliphatic heterocycles. The summed E-state index contributed by atoms with van der Waals surface area (Å²) in [4.78, 5) is 38.3. The van der Waals surface area contributed by atoms with Crippen molar-refractivity contribution in [3.8, 4) is 0 Å². The molecule has 0 unspecified atom stereocenters. The Morgan fingerprint density at radius 1 is 0.297 bits per heavy atom. The van der Waals surface area contributed by atoms with Crippen LogP contribution in [0.1, 0.15) is 373 Å². The molecular weight excluding hydrogens is 1440 g/mol. The zero-order chi connectivity index (χ0) is 91.2. The molecule has 0 amide bonds. The lowest BCUT2D eigenvalue weighted by molar-refractivity contribution is 0.226. The monoisotopic (exact) mass is 1640 g/mol. The first kappa shape index (κ1) is 125. The van der Waals surface area contributed by atoms with Gasteiger partial charge in [0.25, 0.3) is 0 Å². The van der Waals surface area contributed by atoms with Gasteiger partial charge in [0.1, 0.15) is 12.1 Å². The van der Waals surface area contributed by atoms with Gasteiger partial charge >= 0.3 is 0 Å². The van der Waals surface area contributed by atoms with Gasteiger partial charge in [-0.15, -0.1) is 0 Å². The van der Waals surface area contributed by atoms with Crippen LogP contribution in [-0.4, -0.2) is 120 Å². The predicted molar refractivity (Wildman–Crippen MR) is 536 cm³/mol. The molecule has 12 heterocycles. The molecule has 1 N–H and O–H groups in total. The standard InChI is InChI=1S/C15H22N2.2C11H15N.3C10H14N2.C9H13N3.14C2H6.CH4/c1-12(2)17-11-15(7-9-16-10-8-15)13-5-3-4-6-14(13)17;1-9(2)12-7-10-5-3-4-6-11(10)8-12;1-9(2)12-8-7-10-5-3-4-6-11(10)12;1-8(2)12-6-9-3-4-11-5-10(9)7-12;1-8(2)12-7-5-9-4-3-6-11-10(9)12;1-8(2)12-6-9-4-3-5-11-10(9)7-12;1-7(2)12-4-8-3-10-6-11-9(8)5-12;14*1-2;/h3-6,12,16H,7-11H2,1-2H3;2*3-6,9H,7-8H2,1-2H3;3-5,8H,6-7H2,1-2H3;3-4,6,8H,5,7H2,1-2H3;3-5,8H,6-7H2,1-2H3;3,6-7H,4-5H2,1-2H3;14*1-2H3;1H4. The first-order valence-electron chi connectivity index (χ1n) is 47.7. The summed E-state index contributed by atoms with van der Waals surface area (Å²) in [7, 11) is 0. The molecule has 0 saturated carbocycles. The van der Waals surface area contributed by atoms with Gasteiger partial charge in [-0.05, 0) is 211 Å². The summed E-state index contributed by atoms with van der Waals surface area (Å²) < 4.78 is 0. The number of nitrogens with zero attached hydrogens (tertiary/aromatic N) is 12. The number of anilines is 3. The van der Waals surface area contributed by atoms with Crippen LogP contribution in [0.15, 0.2) is 140 Å². The number of benzene rings is 3. The maximum atomic E-state index is 4.39. The fraction of sp³-hybridized carbons (Fsp3) is 0.648. The van der Waals surface area contributed by atoms with E-state index >= 15 is 0 Å². The molecule has 118 heavy (non-hydrogen) atoms. The van der Waals surface area contributed by atoms with E-state index in [2.05, 4.69) is 252 Å². The van der Waals surface area contributed by atoms with Gasteiger partial charge in [0, 0.05) is 168 Å². The lowest BCUT2D eigenvalue weighted by Gasteiger charge is -2.35. The summed E-state index contributed by atoms with van der Waals surface area (Å²) in [6.45, 7) is 102. The highest BCUT2D eigenvalue weighted by Gasteiger charge is 2.43. The van der Waals surface area contributed by atoms with Crippen LogP contribution < -0.4 is 20.0 Å². The van der Waals surface area contributed by atoms with Gasteiger partial charge in [0.2, 0.25) is 0 Å². The van der Waals surface area contributed by atoms with Crippen molar-refractivity contribution < 1.29 is 0 Å². The second-order valence-corrected chi connectivity index (χ2v) is 27.5. The molecule has 13 nitrogen and oxygen atoms in total. The van der Waals surface area contributed by atoms with Crippen molar-refractivity contribution in [1.82, 2.24) is 49.8 Å². The molecule has 0 bridgehead atoms. The van der Waals surface area contributed by atoms with Crippen LogP contribution in [0.3, 0.4) is 0 Å². The molecule has 0 aliphatic carbocycles. The predicted octanol–water partition coefficient (Wildman–Crippen LogP) is 29.1. The number of rotatable bonds is 7. The van der Waals surface area contributed by atoms with Crippen molar-refractivity contribution in [2.45, 2.75) is 424 Å². The molecule has 1 spiro atoms. The van der Waals surface area contributed by atoms with Crippen LogP contribution >= 0.6 is 0 Å². The number of fused-ring (bicyclic) bond motifs is 8. The van der Waals surface area contributed by atoms with E-state index in [9.17, 15) is 0 Å². The topological polar surface area (TPSA) is 99.2 Å². The minimum absolute atomic E-state index is 0. The van der Waals surface area contributed by atoms with Crippen molar-refractivity contribution in [3.05, 3.63) is 202 Å². The lowest BCUT2D eigenvalue weighted by Crippen LogP contribution is -2.44.